The Balaban J connectivity index is 2.22. The normalized spacial score (nSPS) is 17.1. The van der Waals surface area contributed by atoms with Crippen molar-refractivity contribution in [3.8, 4) is 6.07 Å². The lowest BCUT2D eigenvalue weighted by Crippen LogP contribution is -2.46. The van der Waals surface area contributed by atoms with Crippen LogP contribution in [0.2, 0.25) is 0 Å². The molecule has 1 saturated heterocycles. The molecule has 1 fully saturated rings. The number of amides is 1. The highest BCUT2D eigenvalue weighted by atomic mass is 16.6. The first-order chi connectivity index (χ1) is 8.92. The van der Waals surface area contributed by atoms with Crippen molar-refractivity contribution in [2.24, 2.45) is 0 Å². The van der Waals surface area contributed by atoms with Crippen molar-refractivity contribution in [1.29, 1.82) is 5.26 Å². The van der Waals surface area contributed by atoms with Gasteiger partial charge in [-0.2, -0.15) is 5.26 Å². The smallest absolute Gasteiger partial charge is 0.410 e. The molecule has 1 heterocycles. The predicted octanol–water partition coefficient (Wildman–Crippen LogP) is 2.28. The molecule has 1 amide bonds. The molecule has 0 bridgehead atoms. The van der Waals surface area contributed by atoms with Gasteiger partial charge >= 0.3 is 6.09 Å². The van der Waals surface area contributed by atoms with Crippen LogP contribution in [0.25, 0.3) is 0 Å². The molecule has 5 nitrogen and oxygen atoms in total. The zero-order valence-electron chi connectivity index (χ0n) is 12.2. The highest BCUT2D eigenvalue weighted by Crippen LogP contribution is 2.15. The molecular formula is C14H25N3O2. The summed E-state index contributed by atoms with van der Waals surface area (Å²) in [6.07, 6.45) is 3.18. The molecule has 0 unspecified atom stereocenters. The number of hydrogen-bond acceptors (Lipinski definition) is 4. The van der Waals surface area contributed by atoms with E-state index < -0.39 is 5.60 Å². The highest BCUT2D eigenvalue weighted by Gasteiger charge is 2.26. The summed E-state index contributed by atoms with van der Waals surface area (Å²) in [4.78, 5) is 13.6. The van der Waals surface area contributed by atoms with Crippen molar-refractivity contribution in [2.75, 3.05) is 19.6 Å². The summed E-state index contributed by atoms with van der Waals surface area (Å²) in [5, 5.41) is 11.9. The first-order valence-electron chi connectivity index (χ1n) is 7.00. The average Bonchev–Trinajstić information content (AvgIpc) is 2.33. The van der Waals surface area contributed by atoms with E-state index in [0.717, 1.165) is 38.9 Å². The summed E-state index contributed by atoms with van der Waals surface area (Å²) in [6, 6.07) is 2.60. The monoisotopic (exact) mass is 267 g/mol. The summed E-state index contributed by atoms with van der Waals surface area (Å²) in [5.74, 6) is 0. The number of ether oxygens (including phenoxy) is 1. The van der Waals surface area contributed by atoms with Crippen LogP contribution in [-0.4, -0.2) is 42.3 Å². The maximum atomic E-state index is 11.9. The van der Waals surface area contributed by atoms with Crippen LogP contribution >= 0.6 is 0 Å². The standard InChI is InChI=1S/C14H25N3O2/c1-14(2,3)19-13(18)17-10-6-12(7-11-17)16-9-5-4-8-15/h12,16H,4-7,9-11H2,1-3H3. The fourth-order valence-electron chi connectivity index (χ4n) is 2.07. The third-order valence-electron chi connectivity index (χ3n) is 3.05. The molecule has 0 radical (unpaired) electrons. The van der Waals surface area contributed by atoms with Gasteiger partial charge in [0.2, 0.25) is 0 Å². The lowest BCUT2D eigenvalue weighted by molar-refractivity contribution is 0.0198. The van der Waals surface area contributed by atoms with Crippen molar-refractivity contribution < 1.29 is 9.53 Å². The van der Waals surface area contributed by atoms with Crippen molar-refractivity contribution >= 4 is 6.09 Å². The summed E-state index contributed by atoms with van der Waals surface area (Å²) in [5.41, 5.74) is -0.427. The van der Waals surface area contributed by atoms with Crippen LogP contribution in [-0.2, 0) is 4.74 Å². The van der Waals surface area contributed by atoms with Crippen LogP contribution < -0.4 is 5.32 Å². The minimum Gasteiger partial charge on any atom is -0.444 e. The molecule has 0 aromatic rings. The SMILES string of the molecule is CC(C)(C)OC(=O)N1CCC(NCCCC#N)CC1. The molecule has 108 valence electrons. The van der Waals surface area contributed by atoms with E-state index in [4.69, 9.17) is 10.00 Å². The number of hydrogen-bond donors (Lipinski definition) is 1. The van der Waals surface area contributed by atoms with Gasteiger partial charge in [0.25, 0.3) is 0 Å². The molecule has 1 aliphatic rings. The van der Waals surface area contributed by atoms with Crippen LogP contribution in [0.3, 0.4) is 0 Å². The van der Waals surface area contributed by atoms with Crippen molar-refractivity contribution in [2.45, 2.75) is 58.1 Å². The third-order valence-corrected chi connectivity index (χ3v) is 3.05. The number of carbonyl (C=O) groups is 1. The Bertz CT molecular complexity index is 323. The minimum absolute atomic E-state index is 0.213. The van der Waals surface area contributed by atoms with Gasteiger partial charge < -0.3 is 15.0 Å². The van der Waals surface area contributed by atoms with Gasteiger partial charge in [0.15, 0.2) is 0 Å². The molecule has 1 N–H and O–H groups in total. The Labute approximate surface area is 115 Å². The Kier molecular flexibility index (Phi) is 6.10. The van der Waals surface area contributed by atoms with Crippen LogP contribution in [0.4, 0.5) is 4.79 Å². The van der Waals surface area contributed by atoms with E-state index in [0.29, 0.717) is 12.5 Å². The lowest BCUT2D eigenvalue weighted by Gasteiger charge is -2.33. The Hall–Kier alpha value is -1.28. The van der Waals surface area contributed by atoms with Gasteiger partial charge in [-0.25, -0.2) is 4.79 Å². The van der Waals surface area contributed by atoms with Gasteiger partial charge in [0.1, 0.15) is 5.60 Å². The zero-order valence-corrected chi connectivity index (χ0v) is 12.2. The van der Waals surface area contributed by atoms with Gasteiger partial charge in [-0.05, 0) is 46.6 Å². The van der Waals surface area contributed by atoms with Crippen molar-refractivity contribution in [3.63, 3.8) is 0 Å². The maximum absolute atomic E-state index is 11.9. The third kappa shape index (κ3) is 6.44. The second kappa shape index (κ2) is 7.34. The van der Waals surface area contributed by atoms with Gasteiger partial charge in [-0.3, -0.25) is 0 Å². The number of nitrogens with zero attached hydrogens (tertiary/aromatic N) is 2. The number of rotatable bonds is 4. The summed E-state index contributed by atoms with van der Waals surface area (Å²) in [7, 11) is 0. The predicted molar refractivity (Wildman–Crippen MR) is 73.7 cm³/mol. The van der Waals surface area contributed by atoms with E-state index in [1.54, 1.807) is 4.90 Å². The average molecular weight is 267 g/mol. The number of likely N-dealkylation sites (tertiary alicyclic amines) is 1. The highest BCUT2D eigenvalue weighted by molar-refractivity contribution is 5.68. The quantitative estimate of drug-likeness (QED) is 0.794. The van der Waals surface area contributed by atoms with E-state index in [-0.39, 0.29) is 6.09 Å². The molecule has 0 aromatic heterocycles. The van der Waals surface area contributed by atoms with Crippen molar-refractivity contribution in [3.05, 3.63) is 0 Å². The molecule has 0 aromatic carbocycles. The van der Waals surface area contributed by atoms with E-state index in [1.165, 1.54) is 0 Å². The molecule has 19 heavy (non-hydrogen) atoms. The molecule has 0 spiro atoms. The summed E-state index contributed by atoms with van der Waals surface area (Å²) < 4.78 is 5.36. The Morgan fingerprint density at radius 1 is 1.42 bits per heavy atom. The second-order valence-corrected chi connectivity index (χ2v) is 5.96. The van der Waals surface area contributed by atoms with Crippen LogP contribution in [0.5, 0.6) is 0 Å². The van der Waals surface area contributed by atoms with Crippen LogP contribution in [0, 0.1) is 11.3 Å². The first kappa shape index (κ1) is 15.8. The van der Waals surface area contributed by atoms with Crippen LogP contribution in [0.15, 0.2) is 0 Å². The summed E-state index contributed by atoms with van der Waals surface area (Å²) in [6.45, 7) is 8.01. The number of unbranched alkanes of at least 4 members (excludes halogenated alkanes) is 1. The summed E-state index contributed by atoms with van der Waals surface area (Å²) >= 11 is 0. The number of carbonyl (C=O) groups excluding carboxylic acids is 1. The van der Waals surface area contributed by atoms with Gasteiger partial charge in [-0.1, -0.05) is 0 Å². The Morgan fingerprint density at radius 3 is 2.58 bits per heavy atom. The Morgan fingerprint density at radius 2 is 2.05 bits per heavy atom. The molecule has 1 aliphatic heterocycles. The molecule has 5 heteroatoms. The zero-order chi connectivity index (χ0) is 14.3. The van der Waals surface area contributed by atoms with Gasteiger partial charge in [0, 0.05) is 25.6 Å². The topological polar surface area (TPSA) is 65.4 Å². The van der Waals surface area contributed by atoms with Gasteiger partial charge in [0.05, 0.1) is 6.07 Å². The molecule has 0 aliphatic carbocycles. The second-order valence-electron chi connectivity index (χ2n) is 5.96. The van der Waals surface area contributed by atoms with E-state index in [2.05, 4.69) is 11.4 Å². The van der Waals surface area contributed by atoms with E-state index >= 15 is 0 Å². The largest absolute Gasteiger partial charge is 0.444 e. The lowest BCUT2D eigenvalue weighted by atomic mass is 10.1. The van der Waals surface area contributed by atoms with Crippen LogP contribution in [0.1, 0.15) is 46.5 Å². The fourth-order valence-corrected chi connectivity index (χ4v) is 2.07. The molecular weight excluding hydrogens is 242 g/mol. The van der Waals surface area contributed by atoms with Gasteiger partial charge in [-0.15, -0.1) is 0 Å². The fraction of sp³-hybridized carbons (Fsp3) is 0.857. The maximum Gasteiger partial charge on any atom is 0.410 e. The first-order valence-corrected chi connectivity index (χ1v) is 7.00. The molecule has 0 saturated carbocycles. The van der Waals surface area contributed by atoms with E-state index in [9.17, 15) is 4.79 Å². The molecule has 0 atom stereocenters. The van der Waals surface area contributed by atoms with Crippen molar-refractivity contribution in [1.82, 2.24) is 10.2 Å². The molecule has 1 rings (SSSR count). The minimum atomic E-state index is -0.427. The number of piperidine rings is 1. The number of nitrogens with one attached hydrogen (secondary N) is 1. The number of nitriles is 1. The van der Waals surface area contributed by atoms with E-state index in [1.807, 2.05) is 20.8 Å².